The molecule has 0 bridgehead atoms. The standard InChI is InChI=1S/C11H8Br2N2/c1-7-14-5-9(6-15-7)8-2-10(12)4-11(13)3-8/h2-6H,1H3. The molecule has 0 fully saturated rings. The topological polar surface area (TPSA) is 25.8 Å². The average Bonchev–Trinajstić information content (AvgIpc) is 2.17. The van der Waals surface area contributed by atoms with E-state index in [4.69, 9.17) is 0 Å². The van der Waals surface area contributed by atoms with Gasteiger partial charge in [0.05, 0.1) is 0 Å². The van der Waals surface area contributed by atoms with Gasteiger partial charge >= 0.3 is 0 Å². The Labute approximate surface area is 105 Å². The van der Waals surface area contributed by atoms with Crippen molar-refractivity contribution >= 4 is 31.9 Å². The number of nitrogens with zero attached hydrogens (tertiary/aromatic N) is 2. The molecule has 15 heavy (non-hydrogen) atoms. The second-order valence-corrected chi connectivity index (χ2v) is 5.01. The third kappa shape index (κ3) is 2.63. The SMILES string of the molecule is Cc1ncc(-c2cc(Br)cc(Br)c2)cn1. The van der Waals surface area contributed by atoms with Crippen molar-refractivity contribution in [2.75, 3.05) is 0 Å². The van der Waals surface area contributed by atoms with Crippen LogP contribution in [0.15, 0.2) is 39.5 Å². The van der Waals surface area contributed by atoms with Gasteiger partial charge in [-0.2, -0.15) is 0 Å². The number of benzene rings is 1. The fourth-order valence-electron chi connectivity index (χ4n) is 1.26. The third-order valence-corrected chi connectivity index (χ3v) is 2.89. The lowest BCUT2D eigenvalue weighted by Gasteiger charge is -2.03. The quantitative estimate of drug-likeness (QED) is 0.791. The normalized spacial score (nSPS) is 10.3. The number of hydrogen-bond donors (Lipinski definition) is 0. The molecule has 4 heteroatoms. The molecule has 0 aliphatic rings. The maximum Gasteiger partial charge on any atom is 0.125 e. The van der Waals surface area contributed by atoms with Crippen LogP contribution in [0.25, 0.3) is 11.1 Å². The Morgan fingerprint density at radius 1 is 0.867 bits per heavy atom. The van der Waals surface area contributed by atoms with Crippen LogP contribution in [-0.4, -0.2) is 9.97 Å². The molecule has 0 N–H and O–H groups in total. The number of aromatic nitrogens is 2. The molecule has 1 heterocycles. The Morgan fingerprint density at radius 2 is 1.40 bits per heavy atom. The molecule has 1 aromatic carbocycles. The first-order chi connectivity index (χ1) is 7.15. The van der Waals surface area contributed by atoms with Crippen molar-refractivity contribution < 1.29 is 0 Å². The molecule has 0 amide bonds. The zero-order valence-electron chi connectivity index (χ0n) is 8.04. The molecule has 0 radical (unpaired) electrons. The molecule has 1 aromatic heterocycles. The smallest absolute Gasteiger partial charge is 0.125 e. The van der Waals surface area contributed by atoms with Gasteiger partial charge in [0.25, 0.3) is 0 Å². The van der Waals surface area contributed by atoms with Gasteiger partial charge in [0.1, 0.15) is 5.82 Å². The zero-order valence-corrected chi connectivity index (χ0v) is 11.2. The fourth-order valence-corrected chi connectivity index (χ4v) is 2.56. The molecule has 0 saturated heterocycles. The molecule has 0 atom stereocenters. The third-order valence-electron chi connectivity index (χ3n) is 1.98. The van der Waals surface area contributed by atoms with Crippen LogP contribution in [0.3, 0.4) is 0 Å². The lowest BCUT2D eigenvalue weighted by molar-refractivity contribution is 1.06. The number of rotatable bonds is 1. The summed E-state index contributed by atoms with van der Waals surface area (Å²) in [6.07, 6.45) is 3.66. The van der Waals surface area contributed by atoms with Crippen molar-refractivity contribution in [1.29, 1.82) is 0 Å². The maximum absolute atomic E-state index is 4.17. The van der Waals surface area contributed by atoms with Gasteiger partial charge in [0.15, 0.2) is 0 Å². The van der Waals surface area contributed by atoms with Crippen LogP contribution in [0.1, 0.15) is 5.82 Å². The van der Waals surface area contributed by atoms with Gasteiger partial charge in [-0.15, -0.1) is 0 Å². The summed E-state index contributed by atoms with van der Waals surface area (Å²) in [6.45, 7) is 1.88. The average molecular weight is 328 g/mol. The summed E-state index contributed by atoms with van der Waals surface area (Å²) in [6, 6.07) is 6.08. The second-order valence-electron chi connectivity index (χ2n) is 3.18. The minimum absolute atomic E-state index is 0.785. The van der Waals surface area contributed by atoms with Crippen LogP contribution in [0.2, 0.25) is 0 Å². The van der Waals surface area contributed by atoms with E-state index < -0.39 is 0 Å². The predicted octanol–water partition coefficient (Wildman–Crippen LogP) is 3.98. The van der Waals surface area contributed by atoms with Gasteiger partial charge < -0.3 is 0 Å². The van der Waals surface area contributed by atoms with E-state index in [-0.39, 0.29) is 0 Å². The summed E-state index contributed by atoms with van der Waals surface area (Å²) in [5, 5.41) is 0. The van der Waals surface area contributed by atoms with Crippen LogP contribution in [0.5, 0.6) is 0 Å². The molecule has 0 aliphatic heterocycles. The number of hydrogen-bond acceptors (Lipinski definition) is 2. The van der Waals surface area contributed by atoms with E-state index in [0.29, 0.717) is 0 Å². The Hall–Kier alpha value is -0.740. The lowest BCUT2D eigenvalue weighted by Crippen LogP contribution is -1.87. The Kier molecular flexibility index (Phi) is 3.17. The van der Waals surface area contributed by atoms with E-state index in [1.165, 1.54) is 0 Å². The molecule has 0 aliphatic carbocycles. The highest BCUT2D eigenvalue weighted by Crippen LogP contribution is 2.26. The van der Waals surface area contributed by atoms with Crippen LogP contribution in [0, 0.1) is 6.92 Å². The highest BCUT2D eigenvalue weighted by atomic mass is 79.9. The van der Waals surface area contributed by atoms with E-state index in [0.717, 1.165) is 25.9 Å². The van der Waals surface area contributed by atoms with Gasteiger partial charge in [0.2, 0.25) is 0 Å². The summed E-state index contributed by atoms with van der Waals surface area (Å²) in [5.41, 5.74) is 2.11. The summed E-state index contributed by atoms with van der Waals surface area (Å²) in [4.78, 5) is 8.35. The number of aryl methyl sites for hydroxylation is 1. The van der Waals surface area contributed by atoms with Gasteiger partial charge in [-0.3, -0.25) is 0 Å². The maximum atomic E-state index is 4.17. The summed E-state index contributed by atoms with van der Waals surface area (Å²) < 4.78 is 2.07. The van der Waals surface area contributed by atoms with Crippen molar-refractivity contribution in [3.05, 3.63) is 45.4 Å². The minimum atomic E-state index is 0.785. The van der Waals surface area contributed by atoms with Gasteiger partial charge in [0, 0.05) is 26.9 Å². The van der Waals surface area contributed by atoms with Crippen molar-refractivity contribution in [2.45, 2.75) is 6.92 Å². The Bertz CT molecular complexity index is 460. The van der Waals surface area contributed by atoms with E-state index in [1.807, 2.05) is 37.5 Å². The molecule has 0 spiro atoms. The zero-order chi connectivity index (χ0) is 10.8. The minimum Gasteiger partial charge on any atom is -0.241 e. The van der Waals surface area contributed by atoms with Crippen molar-refractivity contribution in [3.63, 3.8) is 0 Å². The van der Waals surface area contributed by atoms with Crippen molar-refractivity contribution in [2.24, 2.45) is 0 Å². The summed E-state index contributed by atoms with van der Waals surface area (Å²) >= 11 is 6.91. The number of halogens is 2. The van der Waals surface area contributed by atoms with E-state index in [1.54, 1.807) is 0 Å². The molecule has 0 saturated carbocycles. The molecule has 76 valence electrons. The van der Waals surface area contributed by atoms with E-state index >= 15 is 0 Å². The van der Waals surface area contributed by atoms with Gasteiger partial charge in [-0.05, 0) is 30.7 Å². The molecule has 2 nitrogen and oxygen atoms in total. The van der Waals surface area contributed by atoms with E-state index in [9.17, 15) is 0 Å². The van der Waals surface area contributed by atoms with E-state index in [2.05, 4.69) is 41.8 Å². The largest absolute Gasteiger partial charge is 0.241 e. The monoisotopic (exact) mass is 326 g/mol. The fraction of sp³-hybridized carbons (Fsp3) is 0.0909. The summed E-state index contributed by atoms with van der Waals surface area (Å²) in [7, 11) is 0. The summed E-state index contributed by atoms with van der Waals surface area (Å²) in [5.74, 6) is 0.785. The highest BCUT2D eigenvalue weighted by Gasteiger charge is 2.01. The lowest BCUT2D eigenvalue weighted by atomic mass is 10.1. The van der Waals surface area contributed by atoms with Crippen molar-refractivity contribution in [3.8, 4) is 11.1 Å². The van der Waals surface area contributed by atoms with Crippen LogP contribution >= 0.6 is 31.9 Å². The molecule has 2 aromatic rings. The Morgan fingerprint density at radius 3 is 1.93 bits per heavy atom. The molecule has 0 unspecified atom stereocenters. The van der Waals surface area contributed by atoms with Crippen LogP contribution < -0.4 is 0 Å². The molecular weight excluding hydrogens is 320 g/mol. The highest BCUT2D eigenvalue weighted by molar-refractivity contribution is 9.11. The molecular formula is C11H8Br2N2. The second kappa shape index (κ2) is 4.41. The van der Waals surface area contributed by atoms with Gasteiger partial charge in [-0.1, -0.05) is 31.9 Å². The Balaban J connectivity index is 2.49. The van der Waals surface area contributed by atoms with Crippen LogP contribution in [0.4, 0.5) is 0 Å². The van der Waals surface area contributed by atoms with Crippen LogP contribution in [-0.2, 0) is 0 Å². The van der Waals surface area contributed by atoms with Gasteiger partial charge in [-0.25, -0.2) is 9.97 Å². The first-order valence-corrected chi connectivity index (χ1v) is 5.99. The van der Waals surface area contributed by atoms with Crippen molar-refractivity contribution in [1.82, 2.24) is 9.97 Å². The first-order valence-electron chi connectivity index (χ1n) is 4.40. The predicted molar refractivity (Wildman–Crippen MR) is 67.6 cm³/mol. The molecule has 2 rings (SSSR count). The first kappa shape index (κ1) is 10.8.